The molecule has 1 fully saturated rings. The van der Waals surface area contributed by atoms with Gasteiger partial charge in [-0.2, -0.15) is 24.4 Å². The Morgan fingerprint density at radius 2 is 1.87 bits per heavy atom. The summed E-state index contributed by atoms with van der Waals surface area (Å²) >= 11 is 5.99. The van der Waals surface area contributed by atoms with Crippen LogP contribution >= 0.6 is 24.4 Å². The number of thiol groups is 1. The summed E-state index contributed by atoms with van der Waals surface area (Å²) in [5.74, 6) is 0.544. The molecule has 0 spiro atoms. The zero-order valence-electron chi connectivity index (χ0n) is 19.0. The number of nitrogens with two attached hydrogens (primary N) is 1. The lowest BCUT2D eigenvalue weighted by atomic mass is 10.1. The van der Waals surface area contributed by atoms with Crippen LogP contribution in [0.2, 0.25) is 0 Å². The molecule has 1 aromatic rings. The van der Waals surface area contributed by atoms with Gasteiger partial charge in [0.25, 0.3) is 0 Å². The van der Waals surface area contributed by atoms with E-state index in [9.17, 15) is 9.59 Å². The number of hydrogen-bond acceptors (Lipinski definition) is 7. The first kappa shape index (κ1) is 29.7. The van der Waals surface area contributed by atoms with Crippen molar-refractivity contribution < 1.29 is 19.4 Å². The van der Waals surface area contributed by atoms with Gasteiger partial charge in [0.15, 0.2) is 0 Å². The largest absolute Gasteiger partial charge is 0.480 e. The molecule has 1 heterocycles. The van der Waals surface area contributed by atoms with Crippen LogP contribution in [0.1, 0.15) is 25.3 Å². The van der Waals surface area contributed by atoms with Crippen LogP contribution in [0.15, 0.2) is 30.3 Å². The normalized spacial score (nSPS) is 15.0. The van der Waals surface area contributed by atoms with E-state index in [-0.39, 0.29) is 6.04 Å². The fraction of sp³-hybridized carbons (Fsp3) is 0.636. The standard InChI is InChI=1S/C12H15NO4.C7H16N2S.C3H8S/c1-17-10(12(16)13-8-11(14)15)7-9-5-3-2-4-6-9;8-7(6-10)5-9-3-1-2-4-9;1-3-4-2/h2-6,10H,7-8H2,1H3,(H,13,16)(H,14,15);7,10H,1-6,8H2;3H2,1-2H3/t;7-;/m.0./s1. The fourth-order valence-corrected chi connectivity index (χ4v) is 2.86. The van der Waals surface area contributed by atoms with Crippen LogP contribution in [0.3, 0.4) is 0 Å². The van der Waals surface area contributed by atoms with Crippen molar-refractivity contribution in [3.63, 3.8) is 0 Å². The molecule has 2 rings (SSSR count). The Bertz CT molecular complexity index is 585. The third kappa shape index (κ3) is 16.1. The molecule has 178 valence electrons. The topological polar surface area (TPSA) is 105 Å². The van der Waals surface area contributed by atoms with Crippen molar-refractivity contribution in [2.24, 2.45) is 5.73 Å². The van der Waals surface area contributed by atoms with Gasteiger partial charge in [0.2, 0.25) is 5.91 Å². The number of hydrogen-bond donors (Lipinski definition) is 4. The summed E-state index contributed by atoms with van der Waals surface area (Å²) in [4.78, 5) is 24.3. The first-order valence-electron chi connectivity index (χ1n) is 10.5. The highest BCUT2D eigenvalue weighted by Crippen LogP contribution is 2.07. The quantitative estimate of drug-likeness (QED) is 0.386. The molecule has 9 heteroatoms. The number of amides is 1. The van der Waals surface area contributed by atoms with Crippen LogP contribution in [-0.4, -0.2) is 85.1 Å². The van der Waals surface area contributed by atoms with E-state index in [1.54, 1.807) is 0 Å². The number of carbonyl (C=O) groups excluding carboxylic acids is 1. The van der Waals surface area contributed by atoms with E-state index in [1.807, 2.05) is 42.1 Å². The maximum Gasteiger partial charge on any atom is 0.322 e. The van der Waals surface area contributed by atoms with Gasteiger partial charge in [0.05, 0.1) is 0 Å². The first-order valence-corrected chi connectivity index (χ1v) is 12.5. The van der Waals surface area contributed by atoms with Gasteiger partial charge >= 0.3 is 5.97 Å². The summed E-state index contributed by atoms with van der Waals surface area (Å²) in [6.07, 6.45) is 4.54. The predicted molar refractivity (Wildman–Crippen MR) is 133 cm³/mol. The van der Waals surface area contributed by atoms with Crippen LogP contribution in [0.4, 0.5) is 0 Å². The van der Waals surface area contributed by atoms with Crippen LogP contribution in [0.5, 0.6) is 0 Å². The SMILES string of the molecule is CCSC.COC(Cc1ccccc1)C(=O)NCC(=O)O.N[C@H](CS)CN1CCCC1. The second kappa shape index (κ2) is 19.4. The summed E-state index contributed by atoms with van der Waals surface area (Å²) in [6, 6.07) is 9.67. The van der Waals surface area contributed by atoms with E-state index in [0.717, 1.165) is 17.9 Å². The highest BCUT2D eigenvalue weighted by molar-refractivity contribution is 7.98. The molecule has 0 aromatic heterocycles. The van der Waals surface area contributed by atoms with Crippen LogP contribution in [0, 0.1) is 0 Å². The monoisotopic (exact) mass is 473 g/mol. The van der Waals surface area contributed by atoms with Gasteiger partial charge in [0, 0.05) is 31.9 Å². The molecule has 0 bridgehead atoms. The maximum atomic E-state index is 11.6. The van der Waals surface area contributed by atoms with Gasteiger partial charge in [-0.25, -0.2) is 0 Å². The molecular weight excluding hydrogens is 434 g/mol. The van der Waals surface area contributed by atoms with Gasteiger partial charge < -0.3 is 25.8 Å². The van der Waals surface area contributed by atoms with Crippen molar-refractivity contribution in [1.82, 2.24) is 10.2 Å². The molecule has 7 nitrogen and oxygen atoms in total. The van der Waals surface area contributed by atoms with Gasteiger partial charge in [0.1, 0.15) is 12.6 Å². The Morgan fingerprint density at radius 1 is 1.29 bits per heavy atom. The molecule has 1 saturated heterocycles. The zero-order chi connectivity index (χ0) is 23.5. The van der Waals surface area contributed by atoms with E-state index in [4.69, 9.17) is 15.6 Å². The molecule has 0 radical (unpaired) electrons. The number of thioether (sulfide) groups is 1. The smallest absolute Gasteiger partial charge is 0.322 e. The number of rotatable bonds is 10. The molecule has 1 amide bonds. The Kier molecular flexibility index (Phi) is 18.6. The lowest BCUT2D eigenvalue weighted by Crippen LogP contribution is -2.39. The van der Waals surface area contributed by atoms with E-state index >= 15 is 0 Å². The summed E-state index contributed by atoms with van der Waals surface area (Å²) in [5.41, 5.74) is 6.70. The average molecular weight is 474 g/mol. The molecule has 1 aliphatic rings. The Labute approximate surface area is 196 Å². The molecule has 31 heavy (non-hydrogen) atoms. The number of nitrogens with zero attached hydrogens (tertiary/aromatic N) is 1. The summed E-state index contributed by atoms with van der Waals surface area (Å²) in [5, 5.41) is 10.7. The number of carbonyl (C=O) groups is 2. The second-order valence-corrected chi connectivity index (χ2v) is 8.57. The number of nitrogens with one attached hydrogen (secondary N) is 1. The fourth-order valence-electron chi connectivity index (χ4n) is 2.74. The molecule has 1 aliphatic heterocycles. The van der Waals surface area contributed by atoms with E-state index in [2.05, 4.69) is 36.0 Å². The maximum absolute atomic E-state index is 11.6. The van der Waals surface area contributed by atoms with E-state index in [0.29, 0.717) is 6.42 Å². The minimum atomic E-state index is -1.08. The third-order valence-electron chi connectivity index (χ3n) is 4.47. The molecule has 0 aliphatic carbocycles. The highest BCUT2D eigenvalue weighted by Gasteiger charge is 2.18. The van der Waals surface area contributed by atoms with Crippen molar-refractivity contribution >= 4 is 36.3 Å². The predicted octanol–water partition coefficient (Wildman–Crippen LogP) is 2.15. The van der Waals surface area contributed by atoms with Gasteiger partial charge in [-0.1, -0.05) is 37.3 Å². The van der Waals surface area contributed by atoms with Gasteiger partial charge in [-0.3, -0.25) is 9.59 Å². The molecule has 2 atom stereocenters. The van der Waals surface area contributed by atoms with E-state index < -0.39 is 24.5 Å². The lowest BCUT2D eigenvalue weighted by molar-refractivity contribution is -0.140. The van der Waals surface area contributed by atoms with Crippen LogP contribution in [-0.2, 0) is 20.7 Å². The number of benzene rings is 1. The van der Waals surface area contributed by atoms with Crippen LogP contribution in [0.25, 0.3) is 0 Å². The molecule has 1 unspecified atom stereocenters. The number of carboxylic acids is 1. The number of methoxy groups -OCH3 is 1. The summed E-state index contributed by atoms with van der Waals surface area (Å²) < 4.78 is 5.04. The Balaban J connectivity index is 0.000000540. The molecule has 1 aromatic carbocycles. The molecule has 0 saturated carbocycles. The molecule has 4 N–H and O–H groups in total. The number of carboxylic acid groups (broad SMARTS) is 1. The number of ether oxygens (including phenoxy) is 1. The third-order valence-corrected chi connectivity index (χ3v) is 5.52. The van der Waals surface area contributed by atoms with E-state index in [1.165, 1.54) is 38.8 Å². The average Bonchev–Trinajstić information content (AvgIpc) is 3.30. The van der Waals surface area contributed by atoms with Crippen LogP contribution < -0.4 is 11.1 Å². The number of likely N-dealkylation sites (tertiary alicyclic amines) is 1. The molecular formula is C22H39N3O4S2. The minimum Gasteiger partial charge on any atom is -0.480 e. The Hall–Kier alpha value is -1.26. The van der Waals surface area contributed by atoms with Gasteiger partial charge in [-0.05, 0) is 43.5 Å². The second-order valence-electron chi connectivity index (χ2n) is 7.05. The highest BCUT2D eigenvalue weighted by atomic mass is 32.2. The lowest BCUT2D eigenvalue weighted by Gasteiger charge is -2.18. The van der Waals surface area contributed by atoms with Crippen molar-refractivity contribution in [3.8, 4) is 0 Å². The Morgan fingerprint density at radius 3 is 2.32 bits per heavy atom. The zero-order valence-corrected chi connectivity index (χ0v) is 20.7. The van der Waals surface area contributed by atoms with Crippen molar-refractivity contribution in [2.75, 3.05) is 51.1 Å². The van der Waals surface area contributed by atoms with Crippen molar-refractivity contribution in [2.45, 2.75) is 38.3 Å². The van der Waals surface area contributed by atoms with Crippen molar-refractivity contribution in [3.05, 3.63) is 35.9 Å². The minimum absolute atomic E-state index is 0.265. The first-order chi connectivity index (χ1) is 14.9. The van der Waals surface area contributed by atoms with Gasteiger partial charge in [-0.15, -0.1) is 0 Å². The van der Waals surface area contributed by atoms with Crippen molar-refractivity contribution in [1.29, 1.82) is 0 Å². The number of aliphatic carboxylic acids is 1. The summed E-state index contributed by atoms with van der Waals surface area (Å²) in [7, 11) is 1.42. The summed E-state index contributed by atoms with van der Waals surface area (Å²) in [6.45, 7) is 5.25.